The molecule has 1 saturated carbocycles. The van der Waals surface area contributed by atoms with Crippen molar-refractivity contribution in [2.75, 3.05) is 20.0 Å². The second-order valence-corrected chi connectivity index (χ2v) is 5.94. The van der Waals surface area contributed by atoms with Crippen LogP contribution in [0.5, 0.6) is 0 Å². The van der Waals surface area contributed by atoms with Crippen molar-refractivity contribution in [3.05, 3.63) is 29.8 Å². The fourth-order valence-corrected chi connectivity index (χ4v) is 2.72. The van der Waals surface area contributed by atoms with Crippen LogP contribution in [0.3, 0.4) is 0 Å². The lowest BCUT2D eigenvalue weighted by molar-refractivity contribution is 0.152. The number of hydrogen-bond acceptors (Lipinski definition) is 3. The molecular formula is C15H23NOS. The maximum atomic E-state index is 5.31. The van der Waals surface area contributed by atoms with Crippen molar-refractivity contribution in [2.45, 2.75) is 36.7 Å². The van der Waals surface area contributed by atoms with Crippen molar-refractivity contribution in [3.8, 4) is 0 Å². The molecule has 2 atom stereocenters. The van der Waals surface area contributed by atoms with Gasteiger partial charge in [-0.05, 0) is 49.6 Å². The van der Waals surface area contributed by atoms with E-state index in [0.717, 1.165) is 12.5 Å². The van der Waals surface area contributed by atoms with Crippen LogP contribution in [0.4, 0.5) is 0 Å². The number of hydrogen-bond donors (Lipinski definition) is 1. The Bertz CT molecular complexity index is 361. The quantitative estimate of drug-likeness (QED) is 0.763. The molecular weight excluding hydrogens is 242 g/mol. The summed E-state index contributed by atoms with van der Waals surface area (Å²) in [4.78, 5) is 1.32. The summed E-state index contributed by atoms with van der Waals surface area (Å²) in [5, 5.41) is 3.70. The largest absolute Gasteiger partial charge is 0.383 e. The van der Waals surface area contributed by atoms with Crippen LogP contribution in [0, 0.1) is 5.92 Å². The molecule has 1 N–H and O–H groups in total. The summed E-state index contributed by atoms with van der Waals surface area (Å²) in [5.74, 6) is 0.817. The molecule has 0 spiro atoms. The van der Waals surface area contributed by atoms with Crippen molar-refractivity contribution < 1.29 is 4.74 Å². The van der Waals surface area contributed by atoms with Crippen LogP contribution in [0.15, 0.2) is 29.2 Å². The number of nitrogens with one attached hydrogen (secondary N) is 1. The predicted molar refractivity (Wildman–Crippen MR) is 78.2 cm³/mol. The van der Waals surface area contributed by atoms with E-state index in [1.165, 1.54) is 23.3 Å². The van der Waals surface area contributed by atoms with Gasteiger partial charge in [-0.2, -0.15) is 0 Å². The van der Waals surface area contributed by atoms with Gasteiger partial charge in [0.2, 0.25) is 0 Å². The zero-order valence-electron chi connectivity index (χ0n) is 11.5. The average Bonchev–Trinajstić information content (AvgIpc) is 3.22. The van der Waals surface area contributed by atoms with E-state index in [0.29, 0.717) is 12.1 Å². The van der Waals surface area contributed by atoms with Crippen LogP contribution in [0.25, 0.3) is 0 Å². The first-order valence-corrected chi connectivity index (χ1v) is 7.86. The van der Waals surface area contributed by atoms with Crippen LogP contribution in [-0.2, 0) is 4.74 Å². The minimum Gasteiger partial charge on any atom is -0.383 e. The molecule has 100 valence electrons. The summed E-state index contributed by atoms with van der Waals surface area (Å²) < 4.78 is 5.31. The molecule has 3 heteroatoms. The monoisotopic (exact) mass is 265 g/mol. The molecule has 1 aliphatic rings. The summed E-state index contributed by atoms with van der Waals surface area (Å²) in [5.41, 5.74) is 1.36. The van der Waals surface area contributed by atoms with E-state index in [4.69, 9.17) is 4.74 Å². The molecule has 2 nitrogen and oxygen atoms in total. The van der Waals surface area contributed by atoms with Crippen LogP contribution in [0.2, 0.25) is 0 Å². The van der Waals surface area contributed by atoms with Crippen LogP contribution < -0.4 is 5.32 Å². The van der Waals surface area contributed by atoms with Crippen molar-refractivity contribution >= 4 is 11.8 Å². The molecule has 0 heterocycles. The number of benzene rings is 1. The van der Waals surface area contributed by atoms with Crippen molar-refractivity contribution in [1.29, 1.82) is 0 Å². The first-order valence-electron chi connectivity index (χ1n) is 6.63. The Morgan fingerprint density at radius 2 is 2.00 bits per heavy atom. The summed E-state index contributed by atoms with van der Waals surface area (Å²) in [7, 11) is 1.79. The smallest absolute Gasteiger partial charge is 0.0618 e. The topological polar surface area (TPSA) is 21.3 Å². The molecule has 0 aliphatic heterocycles. The Morgan fingerprint density at radius 1 is 1.33 bits per heavy atom. The summed E-state index contributed by atoms with van der Waals surface area (Å²) >= 11 is 1.79. The fourth-order valence-electron chi connectivity index (χ4n) is 2.31. The van der Waals surface area contributed by atoms with Gasteiger partial charge in [-0.15, -0.1) is 11.8 Å². The lowest BCUT2D eigenvalue weighted by atomic mass is 10.1. The second kappa shape index (κ2) is 6.60. The van der Waals surface area contributed by atoms with Crippen LogP contribution in [-0.4, -0.2) is 26.0 Å². The summed E-state index contributed by atoms with van der Waals surface area (Å²) in [6, 6.07) is 9.73. The molecule has 1 aromatic rings. The van der Waals surface area contributed by atoms with Gasteiger partial charge in [-0.3, -0.25) is 0 Å². The molecule has 18 heavy (non-hydrogen) atoms. The minimum atomic E-state index is 0.390. The number of methoxy groups -OCH3 is 1. The Labute approximate surface area is 114 Å². The van der Waals surface area contributed by atoms with Crippen molar-refractivity contribution in [2.24, 2.45) is 5.92 Å². The zero-order valence-corrected chi connectivity index (χ0v) is 12.3. The van der Waals surface area contributed by atoms with E-state index in [9.17, 15) is 0 Å². The van der Waals surface area contributed by atoms with E-state index >= 15 is 0 Å². The highest BCUT2D eigenvalue weighted by Gasteiger charge is 2.31. The lowest BCUT2D eigenvalue weighted by Crippen LogP contribution is -2.36. The summed E-state index contributed by atoms with van der Waals surface area (Å²) in [6.45, 7) is 3.05. The number of rotatable bonds is 7. The fraction of sp³-hybridized carbons (Fsp3) is 0.600. The van der Waals surface area contributed by atoms with Gasteiger partial charge in [0.15, 0.2) is 0 Å². The molecule has 0 amide bonds. The predicted octanol–water partition coefficient (Wildman–Crippen LogP) is 3.48. The highest BCUT2D eigenvalue weighted by Crippen LogP contribution is 2.34. The normalized spacial score (nSPS) is 18.6. The average molecular weight is 265 g/mol. The molecule has 0 saturated heterocycles. The number of ether oxygens (including phenoxy) is 1. The van der Waals surface area contributed by atoms with Crippen molar-refractivity contribution in [3.63, 3.8) is 0 Å². The van der Waals surface area contributed by atoms with E-state index in [-0.39, 0.29) is 0 Å². The SMILES string of the molecule is COCC(NC(C)c1ccc(SC)cc1)C1CC1. The number of thioether (sulfide) groups is 1. The maximum Gasteiger partial charge on any atom is 0.0618 e. The van der Waals surface area contributed by atoms with Crippen LogP contribution in [0.1, 0.15) is 31.4 Å². The molecule has 0 aromatic heterocycles. The first-order chi connectivity index (χ1) is 8.74. The van der Waals surface area contributed by atoms with E-state index in [1.807, 2.05) is 0 Å². The third-order valence-electron chi connectivity index (χ3n) is 3.62. The van der Waals surface area contributed by atoms with Gasteiger partial charge in [0.25, 0.3) is 0 Å². The van der Waals surface area contributed by atoms with Gasteiger partial charge in [-0.25, -0.2) is 0 Å². The molecule has 2 unspecified atom stereocenters. The summed E-state index contributed by atoms with van der Waals surface area (Å²) in [6.07, 6.45) is 4.80. The maximum absolute atomic E-state index is 5.31. The Kier molecular flexibility index (Phi) is 5.10. The van der Waals surface area contributed by atoms with Crippen LogP contribution >= 0.6 is 11.8 Å². The third kappa shape index (κ3) is 3.74. The van der Waals surface area contributed by atoms with E-state index < -0.39 is 0 Å². The second-order valence-electron chi connectivity index (χ2n) is 5.06. The molecule has 2 rings (SSSR count). The lowest BCUT2D eigenvalue weighted by Gasteiger charge is -2.23. The zero-order chi connectivity index (χ0) is 13.0. The van der Waals surface area contributed by atoms with E-state index in [2.05, 4.69) is 42.8 Å². The molecule has 1 aromatic carbocycles. The molecule has 0 bridgehead atoms. The van der Waals surface area contributed by atoms with Gasteiger partial charge < -0.3 is 10.1 Å². The van der Waals surface area contributed by atoms with Crippen molar-refractivity contribution in [1.82, 2.24) is 5.32 Å². The van der Waals surface area contributed by atoms with Gasteiger partial charge in [0.05, 0.1) is 6.61 Å². The minimum absolute atomic E-state index is 0.390. The van der Waals surface area contributed by atoms with Gasteiger partial charge >= 0.3 is 0 Å². The highest BCUT2D eigenvalue weighted by molar-refractivity contribution is 7.98. The third-order valence-corrected chi connectivity index (χ3v) is 4.36. The Morgan fingerprint density at radius 3 is 2.50 bits per heavy atom. The van der Waals surface area contributed by atoms with Gasteiger partial charge in [0.1, 0.15) is 0 Å². The Hall–Kier alpha value is -0.510. The molecule has 1 fully saturated rings. The van der Waals surface area contributed by atoms with Gasteiger partial charge in [0, 0.05) is 24.1 Å². The molecule has 1 aliphatic carbocycles. The Balaban J connectivity index is 1.94. The standard InChI is InChI=1S/C15H23NOS/c1-11(12-6-8-14(18-3)9-7-12)16-15(10-17-2)13-4-5-13/h6-9,11,13,15-16H,4-5,10H2,1-3H3. The highest BCUT2D eigenvalue weighted by atomic mass is 32.2. The van der Waals surface area contributed by atoms with E-state index in [1.54, 1.807) is 18.9 Å². The molecule has 0 radical (unpaired) electrons. The first kappa shape index (κ1) is 13.9. The van der Waals surface area contributed by atoms with Gasteiger partial charge in [-0.1, -0.05) is 12.1 Å².